The zero-order chi connectivity index (χ0) is 23.3. The molecule has 31 heavy (non-hydrogen) atoms. The van der Waals surface area contributed by atoms with Crippen molar-refractivity contribution >= 4 is 30.6 Å². The predicted octanol–water partition coefficient (Wildman–Crippen LogP) is -0.150. The smallest absolute Gasteiger partial charge is 0.387 e. The fourth-order valence-electron chi connectivity index (χ4n) is 3.04. The van der Waals surface area contributed by atoms with E-state index in [0.29, 0.717) is 0 Å². The molecule has 176 valence electrons. The van der Waals surface area contributed by atoms with Crippen LogP contribution in [-0.4, -0.2) is 89.0 Å². The second-order valence-electron chi connectivity index (χ2n) is 6.61. The van der Waals surface area contributed by atoms with Crippen LogP contribution < -0.4 is 5.56 Å². The molecule has 0 aromatic carbocycles. The molecule has 1 aliphatic rings. The first-order valence-corrected chi connectivity index (χ1v) is 11.5. The Hall–Kier alpha value is -1.41. The molecule has 15 heteroatoms. The highest BCUT2D eigenvalue weighted by Crippen LogP contribution is 2.39. The normalized spacial score (nSPS) is 23.9. The number of H-pyrrole nitrogens is 1. The van der Waals surface area contributed by atoms with Gasteiger partial charge in [0, 0.05) is 0 Å². The van der Waals surface area contributed by atoms with Gasteiger partial charge in [-0.3, -0.25) is 13.9 Å². The van der Waals surface area contributed by atoms with Crippen molar-refractivity contribution in [2.24, 2.45) is 0 Å². The molecule has 4 atom stereocenters. The summed E-state index contributed by atoms with van der Waals surface area (Å²) in [4.78, 5) is 41.5. The number of ether oxygens (including phenoxy) is 1. The van der Waals surface area contributed by atoms with Crippen LogP contribution in [0.5, 0.6) is 0 Å². The number of aromatic nitrogens is 4. The predicted molar refractivity (Wildman–Crippen MR) is 111 cm³/mol. The quantitative estimate of drug-likeness (QED) is 0.260. The Labute approximate surface area is 182 Å². The van der Waals surface area contributed by atoms with Crippen LogP contribution in [-0.2, 0) is 13.8 Å². The lowest BCUT2D eigenvalue weighted by molar-refractivity contribution is -0.0502. The fraction of sp³-hybridized carbons (Fsp3) is 0.688. The third kappa shape index (κ3) is 6.31. The van der Waals surface area contributed by atoms with E-state index in [2.05, 4.69) is 45.1 Å². The summed E-state index contributed by atoms with van der Waals surface area (Å²) >= 11 is 5.96. The molecule has 3 rings (SSSR count). The standard InChI is InChI=1S/C10H12ClN4O8P.C6H15N/c11-10-14-4-7(12-2-13-8(4)18)15(10)9-6(17)5(16)3(23-9)1-22-24(19,20)21;1-4-7(5-2)6-3/h2-3,5-6,9,16-17H,1H2,(H,12,13,18)(H2,19,20,21);4-6H2,1-3H3/t3-,5-,6-,9-;/m1./s1. The molecule has 0 spiro atoms. The molecule has 5 N–H and O–H groups in total. The highest BCUT2D eigenvalue weighted by atomic mass is 35.5. The average Bonchev–Trinajstić information content (AvgIpc) is 3.19. The van der Waals surface area contributed by atoms with Gasteiger partial charge in [-0.15, -0.1) is 0 Å². The summed E-state index contributed by atoms with van der Waals surface area (Å²) < 4.78 is 21.5. The molecule has 1 aliphatic heterocycles. The van der Waals surface area contributed by atoms with Gasteiger partial charge in [0.15, 0.2) is 17.4 Å². The Kier molecular flexibility index (Phi) is 9.13. The molecule has 1 saturated heterocycles. The SMILES string of the molecule is CCN(CC)CC.O=c1[nH]cnc2c1nc(Cl)n2[C@@H]1O[C@H](COP(=O)(O)O)[C@@H](O)[C@H]1O. The highest BCUT2D eigenvalue weighted by Gasteiger charge is 2.46. The molecule has 0 amide bonds. The van der Waals surface area contributed by atoms with Crippen molar-refractivity contribution in [1.82, 2.24) is 24.4 Å². The zero-order valence-electron chi connectivity index (χ0n) is 17.3. The molecular weight excluding hydrogens is 457 g/mol. The van der Waals surface area contributed by atoms with Gasteiger partial charge in [0.2, 0.25) is 5.28 Å². The van der Waals surface area contributed by atoms with Gasteiger partial charge in [-0.2, -0.15) is 0 Å². The lowest BCUT2D eigenvalue weighted by atomic mass is 10.1. The van der Waals surface area contributed by atoms with E-state index >= 15 is 0 Å². The first-order valence-electron chi connectivity index (χ1n) is 9.59. The van der Waals surface area contributed by atoms with Crippen LogP contribution in [0.1, 0.15) is 27.0 Å². The van der Waals surface area contributed by atoms with E-state index in [9.17, 15) is 19.6 Å². The first-order chi connectivity index (χ1) is 14.5. The number of phosphoric acid groups is 1. The summed E-state index contributed by atoms with van der Waals surface area (Å²) in [5, 5.41) is 19.9. The number of halogens is 1. The van der Waals surface area contributed by atoms with Gasteiger partial charge in [-0.1, -0.05) is 20.8 Å². The number of phosphoric ester groups is 1. The summed E-state index contributed by atoms with van der Waals surface area (Å²) in [6.07, 6.45) is -4.46. The number of aromatic amines is 1. The van der Waals surface area contributed by atoms with Gasteiger partial charge in [0.25, 0.3) is 5.56 Å². The van der Waals surface area contributed by atoms with E-state index in [-0.39, 0.29) is 16.4 Å². The lowest BCUT2D eigenvalue weighted by Crippen LogP contribution is -2.33. The second-order valence-corrected chi connectivity index (χ2v) is 8.18. The maximum absolute atomic E-state index is 11.7. The first kappa shape index (κ1) is 25.8. The third-order valence-corrected chi connectivity index (χ3v) is 5.53. The van der Waals surface area contributed by atoms with E-state index in [0.717, 1.165) is 10.9 Å². The summed E-state index contributed by atoms with van der Waals surface area (Å²) in [6.45, 7) is 9.46. The van der Waals surface area contributed by atoms with Crippen LogP contribution in [0.4, 0.5) is 0 Å². The molecule has 0 bridgehead atoms. The zero-order valence-corrected chi connectivity index (χ0v) is 18.9. The summed E-state index contributed by atoms with van der Waals surface area (Å²) in [5.74, 6) is 0. The van der Waals surface area contributed by atoms with E-state index in [4.69, 9.17) is 26.1 Å². The molecule has 0 aliphatic carbocycles. The van der Waals surface area contributed by atoms with Crippen molar-refractivity contribution in [1.29, 1.82) is 0 Å². The largest absolute Gasteiger partial charge is 0.469 e. The number of hydrogen-bond donors (Lipinski definition) is 5. The number of aliphatic hydroxyl groups excluding tert-OH is 2. The number of nitrogens with zero attached hydrogens (tertiary/aromatic N) is 4. The molecule has 13 nitrogen and oxygen atoms in total. The van der Waals surface area contributed by atoms with E-state index in [1.54, 1.807) is 0 Å². The van der Waals surface area contributed by atoms with Gasteiger partial charge < -0.3 is 34.6 Å². The molecule has 1 fully saturated rings. The van der Waals surface area contributed by atoms with Gasteiger partial charge in [0.05, 0.1) is 12.9 Å². The Morgan fingerprint density at radius 2 is 1.87 bits per heavy atom. The monoisotopic (exact) mass is 483 g/mol. The van der Waals surface area contributed by atoms with Crippen LogP contribution >= 0.6 is 19.4 Å². The van der Waals surface area contributed by atoms with Crippen molar-refractivity contribution in [3.8, 4) is 0 Å². The second kappa shape index (κ2) is 10.9. The fourth-order valence-corrected chi connectivity index (χ4v) is 3.64. The maximum atomic E-state index is 11.7. The molecular formula is C16H27ClN5O8P. The molecule has 3 heterocycles. The molecule has 0 saturated carbocycles. The Bertz CT molecular complexity index is 956. The molecule has 0 unspecified atom stereocenters. The maximum Gasteiger partial charge on any atom is 0.469 e. The van der Waals surface area contributed by atoms with Crippen molar-refractivity contribution in [2.75, 3.05) is 26.2 Å². The van der Waals surface area contributed by atoms with Crippen molar-refractivity contribution in [2.45, 2.75) is 45.3 Å². The van der Waals surface area contributed by atoms with Crippen LogP contribution in [0.2, 0.25) is 5.28 Å². The number of hydrogen-bond acceptors (Lipinski definition) is 9. The minimum atomic E-state index is -4.78. The Balaban J connectivity index is 0.000000423. The number of nitrogens with one attached hydrogen (secondary N) is 1. The third-order valence-electron chi connectivity index (χ3n) is 4.78. The van der Waals surface area contributed by atoms with Gasteiger partial charge >= 0.3 is 7.82 Å². The molecule has 2 aromatic heterocycles. The van der Waals surface area contributed by atoms with Crippen LogP contribution in [0.3, 0.4) is 0 Å². The van der Waals surface area contributed by atoms with Gasteiger partial charge in [-0.05, 0) is 31.2 Å². The summed E-state index contributed by atoms with van der Waals surface area (Å²) in [6, 6.07) is 0. The number of rotatable bonds is 7. The number of fused-ring (bicyclic) bond motifs is 1. The number of imidazole rings is 1. The minimum absolute atomic E-state index is 0.0107. The van der Waals surface area contributed by atoms with E-state index in [1.807, 2.05) is 0 Å². The van der Waals surface area contributed by atoms with Gasteiger partial charge in [0.1, 0.15) is 18.3 Å². The molecule has 2 aromatic rings. The average molecular weight is 484 g/mol. The summed E-state index contributed by atoms with van der Waals surface area (Å²) in [7, 11) is -4.78. The van der Waals surface area contributed by atoms with E-state index in [1.165, 1.54) is 19.6 Å². The van der Waals surface area contributed by atoms with Crippen molar-refractivity contribution in [3.05, 3.63) is 22.0 Å². The van der Waals surface area contributed by atoms with Crippen LogP contribution in [0.15, 0.2) is 11.1 Å². The van der Waals surface area contributed by atoms with E-state index < -0.39 is 44.5 Å². The minimum Gasteiger partial charge on any atom is -0.387 e. The highest BCUT2D eigenvalue weighted by molar-refractivity contribution is 7.46. The topological polar surface area (TPSA) is 183 Å². The van der Waals surface area contributed by atoms with Crippen LogP contribution in [0, 0.1) is 0 Å². The Morgan fingerprint density at radius 3 is 2.39 bits per heavy atom. The van der Waals surface area contributed by atoms with Gasteiger partial charge in [-0.25, -0.2) is 14.5 Å². The number of aliphatic hydroxyl groups is 2. The Morgan fingerprint density at radius 1 is 1.26 bits per heavy atom. The van der Waals surface area contributed by atoms with Crippen molar-refractivity contribution in [3.63, 3.8) is 0 Å². The van der Waals surface area contributed by atoms with Crippen LogP contribution in [0.25, 0.3) is 11.2 Å². The van der Waals surface area contributed by atoms with Crippen molar-refractivity contribution < 1.29 is 33.8 Å². The molecule has 0 radical (unpaired) electrons. The lowest BCUT2D eigenvalue weighted by Gasteiger charge is -2.17. The summed E-state index contributed by atoms with van der Waals surface area (Å²) in [5.41, 5.74) is -0.644.